The van der Waals surface area contributed by atoms with Crippen LogP contribution in [-0.2, 0) is 16.4 Å². The van der Waals surface area contributed by atoms with Gasteiger partial charge in [-0.1, -0.05) is 195 Å². The molecule has 287 valence electrons. The SMILES string of the molecule is CC(C)c1cccc(C(C)C)c1N1[C](c2cc3c4c(c2)C(C)(C)c2ccccc2N4c2ccccc2C3(C)C)c2ccccc2C1(c1ccccc1)c1ccccc1. The summed E-state index contributed by atoms with van der Waals surface area (Å²) in [6, 6.07) is 63.4. The number of nitrogens with zero attached hydrogens (tertiary/aromatic N) is 2. The van der Waals surface area contributed by atoms with Crippen LogP contribution in [0.3, 0.4) is 0 Å². The van der Waals surface area contributed by atoms with Crippen LogP contribution in [0.1, 0.15) is 128 Å². The summed E-state index contributed by atoms with van der Waals surface area (Å²) in [6.07, 6.45) is 0. The van der Waals surface area contributed by atoms with Gasteiger partial charge in [-0.15, -0.1) is 0 Å². The van der Waals surface area contributed by atoms with Gasteiger partial charge in [-0.2, -0.15) is 0 Å². The van der Waals surface area contributed by atoms with Crippen LogP contribution in [-0.4, -0.2) is 0 Å². The third-order valence-electron chi connectivity index (χ3n) is 13.7. The van der Waals surface area contributed by atoms with Gasteiger partial charge in [0.1, 0.15) is 11.6 Å². The van der Waals surface area contributed by atoms with E-state index in [2.05, 4.69) is 229 Å². The van der Waals surface area contributed by atoms with Gasteiger partial charge in [0.15, 0.2) is 0 Å². The topological polar surface area (TPSA) is 6.48 Å². The van der Waals surface area contributed by atoms with E-state index in [1.807, 2.05) is 0 Å². The van der Waals surface area contributed by atoms with Crippen LogP contribution < -0.4 is 9.80 Å². The molecule has 0 N–H and O–H groups in total. The van der Waals surface area contributed by atoms with Gasteiger partial charge in [0.05, 0.1) is 17.1 Å². The smallest absolute Gasteiger partial charge is 0.124 e. The summed E-state index contributed by atoms with van der Waals surface area (Å²) < 4.78 is 0. The molecular formula is C56H53N2. The maximum atomic E-state index is 2.80. The standard InChI is InChI=1S/C56H53N2/c1-36(2)41-27-21-28-42(37(3)4)52(41)58-51(43-26-15-16-29-44(43)56(58,39-22-11-9-12-23-39)40-24-13-10-14-25-40)38-34-47-53-48(35-38)55(7,8)46-31-18-20-33-50(46)57(53)49-32-19-17-30-45(49)54(47,5)6/h9-37H,1-8H3. The average molecular weight is 754 g/mol. The Kier molecular flexibility index (Phi) is 8.23. The van der Waals surface area contributed by atoms with Gasteiger partial charge in [0.2, 0.25) is 0 Å². The summed E-state index contributed by atoms with van der Waals surface area (Å²) in [5.74, 6) is 0.596. The van der Waals surface area contributed by atoms with E-state index in [0.29, 0.717) is 11.8 Å². The highest BCUT2D eigenvalue weighted by Crippen LogP contribution is 2.63. The van der Waals surface area contributed by atoms with Crippen LogP contribution in [0.15, 0.2) is 164 Å². The van der Waals surface area contributed by atoms with Crippen LogP contribution >= 0.6 is 0 Å². The Bertz CT molecular complexity index is 2550. The van der Waals surface area contributed by atoms with Crippen molar-refractivity contribution in [3.63, 3.8) is 0 Å². The summed E-state index contributed by atoms with van der Waals surface area (Å²) >= 11 is 0. The van der Waals surface area contributed by atoms with Crippen LogP contribution in [0.4, 0.5) is 22.7 Å². The summed E-state index contributed by atoms with van der Waals surface area (Å²) in [6.45, 7) is 19.2. The zero-order valence-electron chi connectivity index (χ0n) is 35.1. The van der Waals surface area contributed by atoms with Crippen molar-refractivity contribution in [2.24, 2.45) is 0 Å². The van der Waals surface area contributed by atoms with Crippen molar-refractivity contribution in [2.45, 2.75) is 83.6 Å². The first-order valence-electron chi connectivity index (χ1n) is 21.2. The fourth-order valence-corrected chi connectivity index (χ4v) is 10.9. The number of fused-ring (bicyclic) bond motifs is 5. The van der Waals surface area contributed by atoms with Crippen LogP contribution in [0.2, 0.25) is 0 Å². The molecule has 0 unspecified atom stereocenters. The van der Waals surface area contributed by atoms with Gasteiger partial charge in [-0.05, 0) is 97.3 Å². The molecule has 1 radical (unpaired) electrons. The largest absolute Gasteiger partial charge is 0.336 e. The second kappa shape index (κ2) is 13.1. The molecule has 7 aromatic carbocycles. The third-order valence-corrected chi connectivity index (χ3v) is 13.7. The zero-order chi connectivity index (χ0) is 40.1. The van der Waals surface area contributed by atoms with Gasteiger partial charge in [-0.25, -0.2) is 0 Å². The Hall–Kier alpha value is -5.86. The Morgan fingerprint density at radius 1 is 0.414 bits per heavy atom. The van der Waals surface area contributed by atoms with E-state index >= 15 is 0 Å². The van der Waals surface area contributed by atoms with Crippen molar-refractivity contribution in [1.29, 1.82) is 0 Å². The van der Waals surface area contributed by atoms with E-state index in [9.17, 15) is 0 Å². The quantitative estimate of drug-likeness (QED) is 0.167. The lowest BCUT2D eigenvalue weighted by Gasteiger charge is -2.50. The second-order valence-corrected chi connectivity index (χ2v) is 18.3. The van der Waals surface area contributed by atoms with Crippen LogP contribution in [0, 0.1) is 6.04 Å². The molecule has 0 saturated heterocycles. The molecule has 3 heterocycles. The van der Waals surface area contributed by atoms with Crippen molar-refractivity contribution < 1.29 is 0 Å². The molecule has 2 heteroatoms. The number of anilines is 4. The molecule has 3 aliphatic rings. The second-order valence-electron chi connectivity index (χ2n) is 18.3. The predicted molar refractivity (Wildman–Crippen MR) is 243 cm³/mol. The number of benzene rings is 7. The molecule has 0 saturated carbocycles. The Morgan fingerprint density at radius 2 is 0.845 bits per heavy atom. The molecule has 10 rings (SSSR count). The average Bonchev–Trinajstić information content (AvgIpc) is 3.55. The molecule has 0 aliphatic carbocycles. The van der Waals surface area contributed by atoms with Crippen molar-refractivity contribution in [2.75, 3.05) is 9.80 Å². The predicted octanol–water partition coefficient (Wildman–Crippen LogP) is 14.4. The van der Waals surface area contributed by atoms with Gasteiger partial charge in [-0.3, -0.25) is 0 Å². The molecule has 58 heavy (non-hydrogen) atoms. The highest BCUT2D eigenvalue weighted by molar-refractivity contribution is 5.94. The molecule has 0 fully saturated rings. The van der Waals surface area contributed by atoms with Gasteiger partial charge >= 0.3 is 0 Å². The number of hydrogen-bond donors (Lipinski definition) is 0. The summed E-state index contributed by atoms with van der Waals surface area (Å²) in [5, 5.41) is 0. The molecule has 2 nitrogen and oxygen atoms in total. The van der Waals surface area contributed by atoms with Crippen molar-refractivity contribution in [3.05, 3.63) is 231 Å². The molecule has 3 aliphatic heterocycles. The zero-order valence-corrected chi connectivity index (χ0v) is 35.1. The maximum Gasteiger partial charge on any atom is 0.124 e. The highest BCUT2D eigenvalue weighted by atomic mass is 15.3. The van der Waals surface area contributed by atoms with Crippen molar-refractivity contribution in [1.82, 2.24) is 0 Å². The van der Waals surface area contributed by atoms with Crippen molar-refractivity contribution >= 4 is 22.7 Å². The van der Waals surface area contributed by atoms with Crippen LogP contribution in [0.5, 0.6) is 0 Å². The van der Waals surface area contributed by atoms with E-state index in [4.69, 9.17) is 0 Å². The monoisotopic (exact) mass is 753 g/mol. The molecule has 0 spiro atoms. The van der Waals surface area contributed by atoms with Crippen LogP contribution in [0.25, 0.3) is 0 Å². The van der Waals surface area contributed by atoms with E-state index in [-0.39, 0.29) is 10.8 Å². The molecule has 0 atom stereocenters. The Labute approximate surface area is 345 Å². The van der Waals surface area contributed by atoms with Gasteiger partial charge in [0.25, 0.3) is 0 Å². The first-order valence-corrected chi connectivity index (χ1v) is 21.2. The number of hydrogen-bond acceptors (Lipinski definition) is 2. The summed E-state index contributed by atoms with van der Waals surface area (Å²) in [7, 11) is 0. The van der Waals surface area contributed by atoms with Gasteiger partial charge in [0, 0.05) is 16.5 Å². The lowest BCUT2D eigenvalue weighted by atomic mass is 9.65. The number of rotatable bonds is 6. The van der Waals surface area contributed by atoms with Gasteiger partial charge < -0.3 is 9.80 Å². The lowest BCUT2D eigenvalue weighted by molar-refractivity contribution is 0.592. The molecule has 7 aromatic rings. The summed E-state index contributed by atoms with van der Waals surface area (Å²) in [5.41, 5.74) is 18.5. The van der Waals surface area contributed by atoms with Crippen molar-refractivity contribution in [3.8, 4) is 0 Å². The molecule has 0 bridgehead atoms. The maximum absolute atomic E-state index is 2.80. The fourth-order valence-electron chi connectivity index (χ4n) is 10.9. The lowest BCUT2D eigenvalue weighted by Crippen LogP contribution is -2.47. The van der Waals surface area contributed by atoms with E-state index in [0.717, 1.165) is 0 Å². The molecular weight excluding hydrogens is 701 g/mol. The Balaban J connectivity index is 1.37. The minimum Gasteiger partial charge on any atom is -0.336 e. The third kappa shape index (κ3) is 4.90. The first kappa shape index (κ1) is 36.5. The highest BCUT2D eigenvalue weighted by Gasteiger charge is 2.56. The minimum atomic E-state index is -0.660. The fraction of sp³-hybridized carbons (Fsp3) is 0.232. The Morgan fingerprint density at radius 3 is 1.33 bits per heavy atom. The molecule has 0 amide bonds. The summed E-state index contributed by atoms with van der Waals surface area (Å²) in [4.78, 5) is 5.37. The number of para-hydroxylation sites is 3. The first-order chi connectivity index (χ1) is 28.0. The minimum absolute atomic E-state index is 0.256. The normalized spacial score (nSPS) is 16.9. The molecule has 0 aromatic heterocycles. The van der Waals surface area contributed by atoms with E-state index < -0.39 is 5.54 Å². The van der Waals surface area contributed by atoms with E-state index in [1.165, 1.54) is 90.0 Å². The van der Waals surface area contributed by atoms with E-state index in [1.54, 1.807) is 0 Å².